The van der Waals surface area contributed by atoms with E-state index in [0.717, 1.165) is 12.8 Å². The first-order valence-corrected chi connectivity index (χ1v) is 9.75. The SMILES string of the molecule is CCCNC(=O)C(=O)N/N=C\c1ccccc1OCC(=O)Nc1ccc(CC)cc1. The van der Waals surface area contributed by atoms with E-state index < -0.39 is 11.8 Å². The van der Waals surface area contributed by atoms with Crippen molar-refractivity contribution in [1.29, 1.82) is 0 Å². The molecule has 0 radical (unpaired) electrons. The Kier molecular flexibility index (Phi) is 9.05. The first kappa shape index (κ1) is 22.6. The molecule has 2 aromatic rings. The van der Waals surface area contributed by atoms with Crippen LogP contribution in [0.5, 0.6) is 5.75 Å². The lowest BCUT2D eigenvalue weighted by Gasteiger charge is -2.10. The molecule has 0 spiro atoms. The summed E-state index contributed by atoms with van der Waals surface area (Å²) in [5, 5.41) is 9.00. The zero-order valence-corrected chi connectivity index (χ0v) is 17.1. The number of carbonyl (C=O) groups is 3. The van der Waals surface area contributed by atoms with Crippen LogP contribution in [0, 0.1) is 0 Å². The van der Waals surface area contributed by atoms with E-state index in [-0.39, 0.29) is 12.5 Å². The van der Waals surface area contributed by atoms with E-state index in [1.165, 1.54) is 11.8 Å². The van der Waals surface area contributed by atoms with Gasteiger partial charge in [-0.3, -0.25) is 14.4 Å². The number of aryl methyl sites for hydroxylation is 1. The van der Waals surface area contributed by atoms with E-state index in [1.807, 2.05) is 31.2 Å². The van der Waals surface area contributed by atoms with Gasteiger partial charge in [0.1, 0.15) is 5.75 Å². The number of carbonyl (C=O) groups excluding carboxylic acids is 3. The van der Waals surface area contributed by atoms with Gasteiger partial charge in [-0.15, -0.1) is 0 Å². The van der Waals surface area contributed by atoms with Gasteiger partial charge >= 0.3 is 11.8 Å². The zero-order chi connectivity index (χ0) is 21.8. The summed E-state index contributed by atoms with van der Waals surface area (Å²) in [6.07, 6.45) is 3.01. The third-order valence-corrected chi connectivity index (χ3v) is 4.04. The van der Waals surface area contributed by atoms with Gasteiger partial charge in [-0.25, -0.2) is 5.43 Å². The highest BCUT2D eigenvalue weighted by Gasteiger charge is 2.11. The number of ether oxygens (including phenoxy) is 1. The van der Waals surface area contributed by atoms with E-state index in [1.54, 1.807) is 24.3 Å². The van der Waals surface area contributed by atoms with Gasteiger partial charge in [-0.1, -0.05) is 38.1 Å². The molecule has 0 aliphatic carbocycles. The average molecular weight is 410 g/mol. The molecule has 0 saturated carbocycles. The van der Waals surface area contributed by atoms with Gasteiger partial charge < -0.3 is 15.4 Å². The van der Waals surface area contributed by atoms with Gasteiger partial charge in [0.2, 0.25) is 0 Å². The molecule has 8 nitrogen and oxygen atoms in total. The van der Waals surface area contributed by atoms with Crippen molar-refractivity contribution in [2.45, 2.75) is 26.7 Å². The minimum Gasteiger partial charge on any atom is -0.483 e. The summed E-state index contributed by atoms with van der Waals surface area (Å²) in [5.41, 5.74) is 4.59. The van der Waals surface area contributed by atoms with Crippen LogP contribution in [0.4, 0.5) is 5.69 Å². The molecule has 3 N–H and O–H groups in total. The Morgan fingerprint density at radius 1 is 1.00 bits per heavy atom. The second-order valence-corrected chi connectivity index (χ2v) is 6.38. The number of amides is 3. The molecule has 0 unspecified atom stereocenters. The maximum atomic E-state index is 12.1. The van der Waals surface area contributed by atoms with E-state index in [2.05, 4.69) is 28.1 Å². The Labute approximate surface area is 175 Å². The number of para-hydroxylation sites is 1. The zero-order valence-electron chi connectivity index (χ0n) is 17.1. The molecule has 0 bridgehead atoms. The van der Waals surface area contributed by atoms with Crippen molar-refractivity contribution in [2.75, 3.05) is 18.5 Å². The van der Waals surface area contributed by atoms with Gasteiger partial charge in [0.05, 0.1) is 6.21 Å². The van der Waals surface area contributed by atoms with E-state index in [4.69, 9.17) is 4.74 Å². The van der Waals surface area contributed by atoms with Gasteiger partial charge in [-0.2, -0.15) is 5.10 Å². The van der Waals surface area contributed by atoms with Gasteiger partial charge in [0.25, 0.3) is 5.91 Å². The van der Waals surface area contributed by atoms with Crippen LogP contribution >= 0.6 is 0 Å². The first-order chi connectivity index (χ1) is 14.5. The number of anilines is 1. The largest absolute Gasteiger partial charge is 0.483 e. The summed E-state index contributed by atoms with van der Waals surface area (Å²) >= 11 is 0. The Balaban J connectivity index is 1.88. The summed E-state index contributed by atoms with van der Waals surface area (Å²) in [4.78, 5) is 35.3. The predicted octanol–water partition coefficient (Wildman–Crippen LogP) is 2.24. The van der Waals surface area contributed by atoms with Crippen LogP contribution in [0.25, 0.3) is 0 Å². The molecule has 0 aliphatic heterocycles. The number of benzene rings is 2. The maximum Gasteiger partial charge on any atom is 0.329 e. The third-order valence-electron chi connectivity index (χ3n) is 4.04. The summed E-state index contributed by atoms with van der Waals surface area (Å²) < 4.78 is 5.58. The Hall–Kier alpha value is -3.68. The summed E-state index contributed by atoms with van der Waals surface area (Å²) in [5.74, 6) is -1.48. The van der Waals surface area contributed by atoms with Gasteiger partial charge in [0.15, 0.2) is 6.61 Å². The molecule has 0 saturated heterocycles. The number of hydrogen-bond donors (Lipinski definition) is 3. The van der Waals surface area contributed by atoms with Gasteiger partial charge in [-0.05, 0) is 42.7 Å². The highest BCUT2D eigenvalue weighted by Crippen LogP contribution is 2.16. The molecule has 3 amide bonds. The summed E-state index contributed by atoms with van der Waals surface area (Å²) in [7, 11) is 0. The Morgan fingerprint density at radius 2 is 1.73 bits per heavy atom. The van der Waals surface area contributed by atoms with Crippen LogP contribution in [-0.2, 0) is 20.8 Å². The van der Waals surface area contributed by atoms with Crippen molar-refractivity contribution in [3.05, 3.63) is 59.7 Å². The minimum absolute atomic E-state index is 0.188. The Bertz CT molecular complexity index is 894. The molecule has 0 fully saturated rings. The summed E-state index contributed by atoms with van der Waals surface area (Å²) in [6.45, 7) is 4.17. The van der Waals surface area contributed by atoms with Crippen LogP contribution in [0.2, 0.25) is 0 Å². The van der Waals surface area contributed by atoms with Crippen LogP contribution in [-0.4, -0.2) is 37.1 Å². The molecular formula is C22H26N4O4. The molecule has 0 heterocycles. The van der Waals surface area contributed by atoms with Crippen molar-refractivity contribution in [3.63, 3.8) is 0 Å². The van der Waals surface area contributed by atoms with Crippen LogP contribution < -0.4 is 20.8 Å². The van der Waals surface area contributed by atoms with Crippen molar-refractivity contribution in [3.8, 4) is 5.75 Å². The molecular weight excluding hydrogens is 384 g/mol. The van der Waals surface area contributed by atoms with E-state index in [9.17, 15) is 14.4 Å². The highest BCUT2D eigenvalue weighted by molar-refractivity contribution is 6.35. The number of hydrogen-bond acceptors (Lipinski definition) is 5. The van der Waals surface area contributed by atoms with E-state index in [0.29, 0.717) is 23.5 Å². The van der Waals surface area contributed by atoms with Crippen LogP contribution in [0.3, 0.4) is 0 Å². The maximum absolute atomic E-state index is 12.1. The molecule has 2 aromatic carbocycles. The van der Waals surface area contributed by atoms with Crippen LogP contribution in [0.1, 0.15) is 31.4 Å². The predicted molar refractivity (Wildman–Crippen MR) is 115 cm³/mol. The monoisotopic (exact) mass is 410 g/mol. The lowest BCUT2D eigenvalue weighted by molar-refractivity contribution is -0.139. The first-order valence-electron chi connectivity index (χ1n) is 9.75. The number of rotatable bonds is 9. The molecule has 0 aliphatic rings. The molecule has 0 atom stereocenters. The molecule has 158 valence electrons. The molecule has 8 heteroatoms. The number of hydrazone groups is 1. The quantitative estimate of drug-likeness (QED) is 0.335. The van der Waals surface area contributed by atoms with Crippen molar-refractivity contribution < 1.29 is 19.1 Å². The van der Waals surface area contributed by atoms with Gasteiger partial charge in [0, 0.05) is 17.8 Å². The van der Waals surface area contributed by atoms with E-state index >= 15 is 0 Å². The standard InChI is InChI=1S/C22H26N4O4/c1-3-13-23-21(28)22(29)26-24-14-17-7-5-6-8-19(17)30-15-20(27)25-18-11-9-16(4-2)10-12-18/h5-12,14H,3-4,13,15H2,1-2H3,(H,23,28)(H,25,27)(H,26,29)/b24-14-. The highest BCUT2D eigenvalue weighted by atomic mass is 16.5. The minimum atomic E-state index is -0.855. The number of nitrogens with zero attached hydrogens (tertiary/aromatic N) is 1. The fourth-order valence-electron chi connectivity index (χ4n) is 2.41. The second-order valence-electron chi connectivity index (χ2n) is 6.38. The number of nitrogens with one attached hydrogen (secondary N) is 3. The summed E-state index contributed by atoms with van der Waals surface area (Å²) in [6, 6.07) is 14.5. The lowest BCUT2D eigenvalue weighted by atomic mass is 10.1. The fourth-order valence-corrected chi connectivity index (χ4v) is 2.41. The normalized spacial score (nSPS) is 10.5. The third kappa shape index (κ3) is 7.38. The second kappa shape index (κ2) is 12.0. The molecule has 2 rings (SSSR count). The topological polar surface area (TPSA) is 109 Å². The molecule has 30 heavy (non-hydrogen) atoms. The van der Waals surface area contributed by atoms with Crippen molar-refractivity contribution >= 4 is 29.6 Å². The Morgan fingerprint density at radius 3 is 2.43 bits per heavy atom. The fraction of sp³-hybridized carbons (Fsp3) is 0.273. The lowest BCUT2D eigenvalue weighted by Crippen LogP contribution is -2.38. The van der Waals surface area contributed by atoms with Crippen molar-refractivity contribution in [2.24, 2.45) is 5.10 Å². The van der Waals surface area contributed by atoms with Crippen molar-refractivity contribution in [1.82, 2.24) is 10.7 Å². The smallest absolute Gasteiger partial charge is 0.329 e. The van der Waals surface area contributed by atoms with Crippen LogP contribution in [0.15, 0.2) is 53.6 Å². The molecule has 0 aromatic heterocycles. The average Bonchev–Trinajstić information content (AvgIpc) is 2.77.